The number of hydrogen-bond acceptors (Lipinski definition) is 6. The molecule has 4 rings (SSSR count). The van der Waals surface area contributed by atoms with E-state index >= 15 is 0 Å². The van der Waals surface area contributed by atoms with Crippen molar-refractivity contribution in [2.45, 2.75) is 19.5 Å². The molecule has 0 bridgehead atoms. The van der Waals surface area contributed by atoms with Crippen LogP contribution in [0.3, 0.4) is 0 Å². The quantitative estimate of drug-likeness (QED) is 0.721. The number of nitrogens with zero attached hydrogens (tertiary/aromatic N) is 4. The first-order valence-electron chi connectivity index (χ1n) is 8.38. The largest absolute Gasteiger partial charge is 0.348 e. The van der Waals surface area contributed by atoms with Crippen LogP contribution in [0.1, 0.15) is 18.8 Å². The van der Waals surface area contributed by atoms with Crippen molar-refractivity contribution in [3.05, 3.63) is 47.2 Å². The summed E-state index contributed by atoms with van der Waals surface area (Å²) in [7, 11) is 1.78. The number of benzene rings is 1. The summed E-state index contributed by atoms with van der Waals surface area (Å²) in [6.45, 7) is 1.69. The maximum atomic E-state index is 13.4. The van der Waals surface area contributed by atoms with Crippen LogP contribution in [0.2, 0.25) is 0 Å². The van der Waals surface area contributed by atoms with Crippen molar-refractivity contribution in [3.63, 3.8) is 0 Å². The zero-order valence-electron chi connectivity index (χ0n) is 14.9. The Hall–Kier alpha value is -3.14. The number of carbonyl (C=O) groups excluding carboxylic acids is 2. The van der Waals surface area contributed by atoms with E-state index in [1.54, 1.807) is 24.3 Å². The minimum absolute atomic E-state index is 0. The normalized spacial score (nSPS) is 15.8. The topological polar surface area (TPSA) is 80.1 Å². The van der Waals surface area contributed by atoms with Crippen molar-refractivity contribution >= 4 is 34.0 Å². The smallest absolute Gasteiger partial charge is 0.246 e. The summed E-state index contributed by atoms with van der Waals surface area (Å²) >= 11 is 1.16. The molecule has 0 aliphatic carbocycles. The van der Waals surface area contributed by atoms with E-state index in [0.29, 0.717) is 27.9 Å². The molecule has 1 amide bonds. The number of Topliss-reactive ketones (excluding diaryl/α,β-unsaturated/α-hetero) is 1. The van der Waals surface area contributed by atoms with Crippen LogP contribution in [-0.2, 0) is 11.3 Å². The van der Waals surface area contributed by atoms with E-state index in [9.17, 15) is 18.4 Å². The van der Waals surface area contributed by atoms with Gasteiger partial charge in [-0.3, -0.25) is 9.59 Å². The predicted octanol–water partition coefficient (Wildman–Crippen LogP) is 3.19. The molecule has 1 aliphatic heterocycles. The number of amides is 1. The van der Waals surface area contributed by atoms with E-state index in [0.717, 1.165) is 23.5 Å². The van der Waals surface area contributed by atoms with Gasteiger partial charge in [0.25, 0.3) is 0 Å². The summed E-state index contributed by atoms with van der Waals surface area (Å²) in [4.78, 5) is 34.9. The van der Waals surface area contributed by atoms with Crippen molar-refractivity contribution in [1.82, 2.24) is 14.5 Å². The Morgan fingerprint density at radius 2 is 2.14 bits per heavy atom. The number of hydrogen-bond donors (Lipinski definition) is 1. The van der Waals surface area contributed by atoms with E-state index < -0.39 is 11.6 Å². The number of nitrogens with one attached hydrogen (secondary N) is 1. The van der Waals surface area contributed by atoms with Crippen molar-refractivity contribution in [1.29, 1.82) is 0 Å². The van der Waals surface area contributed by atoms with Gasteiger partial charge in [0.15, 0.2) is 22.6 Å². The lowest BCUT2D eigenvalue weighted by Gasteiger charge is -2.14. The summed E-state index contributed by atoms with van der Waals surface area (Å²) in [5.41, 5.74) is 1.24. The second kappa shape index (κ2) is 6.79. The highest BCUT2D eigenvalue weighted by Crippen LogP contribution is 2.29. The highest BCUT2D eigenvalue weighted by Gasteiger charge is 2.36. The molecule has 1 N–H and O–H groups in total. The van der Waals surface area contributed by atoms with Crippen LogP contribution in [-0.4, -0.2) is 39.3 Å². The average molecular weight is 405 g/mol. The summed E-state index contributed by atoms with van der Waals surface area (Å²) in [5.74, 6) is -1.80. The zero-order chi connectivity index (χ0) is 20.0. The molecule has 10 heteroatoms. The molecule has 1 aliphatic rings. The van der Waals surface area contributed by atoms with E-state index in [4.69, 9.17) is 0 Å². The molecule has 0 spiro atoms. The Labute approximate surface area is 164 Å². The van der Waals surface area contributed by atoms with Gasteiger partial charge in [0.1, 0.15) is 12.2 Å². The van der Waals surface area contributed by atoms with Crippen LogP contribution >= 0.6 is 11.3 Å². The second-order valence-corrected chi connectivity index (χ2v) is 7.27. The number of aromatic nitrogens is 3. The van der Waals surface area contributed by atoms with Crippen molar-refractivity contribution < 1.29 is 19.8 Å². The van der Waals surface area contributed by atoms with E-state index in [2.05, 4.69) is 15.3 Å². The van der Waals surface area contributed by atoms with Crippen molar-refractivity contribution in [2.75, 3.05) is 17.3 Å². The molecule has 2 aromatic heterocycles. The monoisotopic (exact) mass is 405 g/mol. The number of likely N-dealkylation sites (N-methyl/N-ethyl adjacent to an activating group) is 1. The second-order valence-electron chi connectivity index (χ2n) is 6.41. The fraction of sp³-hybridized carbons (Fsp3) is 0.222. The lowest BCUT2D eigenvalue weighted by atomic mass is 10.2. The summed E-state index contributed by atoms with van der Waals surface area (Å²) < 4.78 is 27.9. The van der Waals surface area contributed by atoms with Gasteiger partial charge in [0.2, 0.25) is 11.7 Å². The molecular formula is C18H17F2N5O2S. The first-order chi connectivity index (χ1) is 13.3. The molecule has 1 aromatic carbocycles. The Morgan fingerprint density at radius 1 is 1.36 bits per heavy atom. The van der Waals surface area contributed by atoms with Gasteiger partial charge in [-0.25, -0.2) is 18.7 Å². The van der Waals surface area contributed by atoms with Crippen LogP contribution in [0.15, 0.2) is 29.9 Å². The Balaban J connectivity index is 0.00000240. The lowest BCUT2D eigenvalue weighted by Crippen LogP contribution is -2.29. The van der Waals surface area contributed by atoms with Gasteiger partial charge < -0.3 is 14.8 Å². The number of halogens is 2. The highest BCUT2D eigenvalue weighted by atomic mass is 32.1. The van der Waals surface area contributed by atoms with Gasteiger partial charge in [0, 0.05) is 19.4 Å². The SMILES string of the molecule is CC1C(=O)c2c(ncn2CC(=O)Nc2nc(-c3ccc(F)c(F)c3)cs2)N1C.[HH]. The zero-order valence-corrected chi connectivity index (χ0v) is 15.8. The minimum Gasteiger partial charge on any atom is -0.348 e. The Kier molecular flexibility index (Phi) is 4.42. The van der Waals surface area contributed by atoms with Crippen LogP contribution in [0.4, 0.5) is 19.7 Å². The number of anilines is 2. The van der Waals surface area contributed by atoms with Crippen LogP contribution in [0.5, 0.6) is 0 Å². The molecule has 0 saturated heterocycles. The average Bonchev–Trinajstić information content (AvgIpc) is 3.33. The fourth-order valence-electron chi connectivity index (χ4n) is 2.99. The maximum Gasteiger partial charge on any atom is 0.246 e. The van der Waals surface area contributed by atoms with Gasteiger partial charge in [-0.05, 0) is 25.1 Å². The predicted molar refractivity (Wildman–Crippen MR) is 103 cm³/mol. The Morgan fingerprint density at radius 3 is 2.89 bits per heavy atom. The minimum atomic E-state index is -0.964. The summed E-state index contributed by atoms with van der Waals surface area (Å²) in [6, 6.07) is 3.17. The molecule has 3 heterocycles. The molecule has 0 saturated carbocycles. The summed E-state index contributed by atoms with van der Waals surface area (Å²) in [6.07, 6.45) is 1.46. The molecular weight excluding hydrogens is 388 g/mol. The first kappa shape index (κ1) is 18.2. The molecule has 1 unspecified atom stereocenters. The van der Waals surface area contributed by atoms with E-state index in [1.807, 2.05) is 0 Å². The Bertz CT molecular complexity index is 1100. The first-order valence-corrected chi connectivity index (χ1v) is 9.26. The maximum absolute atomic E-state index is 13.4. The third-order valence-corrected chi connectivity index (χ3v) is 5.38. The van der Waals surface area contributed by atoms with Crippen LogP contribution < -0.4 is 10.2 Å². The number of ketones is 1. The van der Waals surface area contributed by atoms with Gasteiger partial charge in [-0.1, -0.05) is 0 Å². The van der Waals surface area contributed by atoms with Gasteiger partial charge in [-0.2, -0.15) is 0 Å². The number of carbonyl (C=O) groups is 2. The summed E-state index contributed by atoms with van der Waals surface area (Å²) in [5, 5.41) is 4.61. The molecule has 1 atom stereocenters. The molecule has 146 valence electrons. The van der Waals surface area contributed by atoms with E-state index in [1.165, 1.54) is 17.0 Å². The van der Waals surface area contributed by atoms with Gasteiger partial charge >= 0.3 is 0 Å². The van der Waals surface area contributed by atoms with Crippen LogP contribution in [0, 0.1) is 11.6 Å². The van der Waals surface area contributed by atoms with Crippen molar-refractivity contribution in [3.8, 4) is 11.3 Å². The van der Waals surface area contributed by atoms with Crippen LogP contribution in [0.25, 0.3) is 11.3 Å². The molecule has 0 fully saturated rings. The fourth-order valence-corrected chi connectivity index (χ4v) is 3.73. The number of rotatable bonds is 4. The molecule has 7 nitrogen and oxygen atoms in total. The molecule has 28 heavy (non-hydrogen) atoms. The molecule has 0 radical (unpaired) electrons. The van der Waals surface area contributed by atoms with E-state index in [-0.39, 0.29) is 25.7 Å². The molecule has 3 aromatic rings. The highest BCUT2D eigenvalue weighted by molar-refractivity contribution is 7.14. The lowest BCUT2D eigenvalue weighted by molar-refractivity contribution is -0.116. The van der Waals surface area contributed by atoms with Gasteiger partial charge in [0.05, 0.1) is 18.1 Å². The standard InChI is InChI=1S/C18H15F2N5O2S.H2/c1-9-16(27)15-17(24(9)2)21-8-25(15)6-14(26)23-18-22-13(7-28-18)10-3-4-11(19)12(20)5-10;/h3-5,7-9H,6H2,1-2H3,(H,22,23,26);1H. The van der Waals surface area contributed by atoms with Crippen molar-refractivity contribution in [2.24, 2.45) is 0 Å². The number of imidazole rings is 1. The number of thiazole rings is 1. The third-order valence-electron chi connectivity index (χ3n) is 4.63. The third kappa shape index (κ3) is 3.05. The number of fused-ring (bicyclic) bond motifs is 1. The van der Waals surface area contributed by atoms with Gasteiger partial charge in [-0.15, -0.1) is 11.3 Å².